The Balaban J connectivity index is 1.66. The average molecular weight is 414 g/mol. The molecular formula is C20H26N6O4. The Morgan fingerprint density at radius 1 is 1.27 bits per heavy atom. The van der Waals surface area contributed by atoms with Gasteiger partial charge in [-0.05, 0) is 24.6 Å². The standard InChI is InChI=1S/C20H26N6O4/c1-13-4-3-5-15(10-13)30-12-14(27)11-26-16-17(24(2)20(29)23-18(16)28)22-19(26)25-8-6-21-7-9-25/h3-5,10,14,21,27H,6-9,11-12H2,1-2H3,(H,23,28,29). The normalized spacial score (nSPS) is 15.5. The third kappa shape index (κ3) is 3.96. The van der Waals surface area contributed by atoms with Crippen molar-refractivity contribution in [2.24, 2.45) is 7.05 Å². The summed E-state index contributed by atoms with van der Waals surface area (Å²) in [6.45, 7) is 5.15. The summed E-state index contributed by atoms with van der Waals surface area (Å²) in [6.07, 6.45) is -0.874. The second-order valence-electron chi connectivity index (χ2n) is 7.53. The fourth-order valence-electron chi connectivity index (χ4n) is 3.66. The van der Waals surface area contributed by atoms with Crippen molar-refractivity contribution in [2.45, 2.75) is 19.6 Å². The summed E-state index contributed by atoms with van der Waals surface area (Å²) < 4.78 is 8.72. The first-order valence-electron chi connectivity index (χ1n) is 9.97. The first-order valence-corrected chi connectivity index (χ1v) is 9.97. The van der Waals surface area contributed by atoms with Crippen molar-refractivity contribution in [3.05, 3.63) is 50.7 Å². The molecule has 0 spiro atoms. The number of aliphatic hydroxyl groups excluding tert-OH is 1. The van der Waals surface area contributed by atoms with E-state index in [-0.39, 0.29) is 18.7 Å². The Hall–Kier alpha value is -3.11. The van der Waals surface area contributed by atoms with Crippen molar-refractivity contribution < 1.29 is 9.84 Å². The number of aromatic nitrogens is 4. The molecule has 1 fully saturated rings. The molecule has 1 unspecified atom stereocenters. The van der Waals surface area contributed by atoms with E-state index >= 15 is 0 Å². The zero-order valence-electron chi connectivity index (χ0n) is 17.1. The van der Waals surface area contributed by atoms with Gasteiger partial charge in [-0.25, -0.2) is 4.79 Å². The number of nitrogens with zero attached hydrogens (tertiary/aromatic N) is 4. The fourth-order valence-corrected chi connectivity index (χ4v) is 3.66. The van der Waals surface area contributed by atoms with Crippen molar-refractivity contribution in [3.63, 3.8) is 0 Å². The lowest BCUT2D eigenvalue weighted by atomic mass is 10.2. The molecule has 3 heterocycles. The maximum Gasteiger partial charge on any atom is 0.329 e. The zero-order chi connectivity index (χ0) is 21.3. The quantitative estimate of drug-likeness (QED) is 0.502. The van der Waals surface area contributed by atoms with E-state index in [4.69, 9.17) is 4.74 Å². The largest absolute Gasteiger partial charge is 0.491 e. The van der Waals surface area contributed by atoms with Gasteiger partial charge in [-0.1, -0.05) is 12.1 Å². The molecule has 0 saturated carbocycles. The predicted octanol–water partition coefficient (Wildman–Crippen LogP) is -0.419. The molecule has 0 amide bonds. The van der Waals surface area contributed by atoms with E-state index in [0.29, 0.717) is 30.4 Å². The molecule has 0 bridgehead atoms. The van der Waals surface area contributed by atoms with E-state index in [0.717, 1.165) is 18.7 Å². The molecule has 30 heavy (non-hydrogen) atoms. The molecule has 1 aromatic carbocycles. The number of fused-ring (bicyclic) bond motifs is 1. The lowest BCUT2D eigenvalue weighted by Crippen LogP contribution is -2.45. The van der Waals surface area contributed by atoms with Gasteiger partial charge in [-0.3, -0.25) is 14.3 Å². The van der Waals surface area contributed by atoms with Crippen molar-refractivity contribution in [1.82, 2.24) is 24.4 Å². The smallest absolute Gasteiger partial charge is 0.329 e. The number of benzene rings is 1. The molecule has 10 nitrogen and oxygen atoms in total. The minimum Gasteiger partial charge on any atom is -0.491 e. The highest BCUT2D eigenvalue weighted by Crippen LogP contribution is 2.21. The summed E-state index contributed by atoms with van der Waals surface area (Å²) in [4.78, 5) is 33.6. The van der Waals surface area contributed by atoms with Gasteiger partial charge in [0.15, 0.2) is 11.2 Å². The van der Waals surface area contributed by atoms with Gasteiger partial charge in [-0.15, -0.1) is 0 Å². The van der Waals surface area contributed by atoms with Crippen molar-refractivity contribution in [2.75, 3.05) is 37.7 Å². The number of aromatic amines is 1. The molecule has 0 radical (unpaired) electrons. The van der Waals surface area contributed by atoms with E-state index in [2.05, 4.69) is 20.2 Å². The summed E-state index contributed by atoms with van der Waals surface area (Å²) in [7, 11) is 1.57. The molecule has 0 aliphatic carbocycles. The van der Waals surface area contributed by atoms with Gasteiger partial charge in [0.1, 0.15) is 18.5 Å². The van der Waals surface area contributed by atoms with Crippen LogP contribution < -0.4 is 26.2 Å². The van der Waals surface area contributed by atoms with Crippen molar-refractivity contribution in [1.29, 1.82) is 0 Å². The van der Waals surface area contributed by atoms with Gasteiger partial charge >= 0.3 is 5.69 Å². The van der Waals surface area contributed by atoms with Crippen LogP contribution in [0.1, 0.15) is 5.56 Å². The number of imidazole rings is 1. The Kier molecular flexibility index (Phi) is 5.60. The number of anilines is 1. The number of aliphatic hydroxyl groups is 1. The molecule has 1 saturated heterocycles. The van der Waals surface area contributed by atoms with Crippen LogP contribution in [0.5, 0.6) is 5.75 Å². The maximum atomic E-state index is 12.6. The molecular weight excluding hydrogens is 388 g/mol. The summed E-state index contributed by atoms with van der Waals surface area (Å²) in [5, 5.41) is 13.9. The van der Waals surface area contributed by atoms with Crippen molar-refractivity contribution >= 4 is 17.1 Å². The number of hydrogen-bond donors (Lipinski definition) is 3. The highest BCUT2D eigenvalue weighted by Gasteiger charge is 2.24. The number of rotatable bonds is 6. The minimum atomic E-state index is -0.874. The van der Waals surface area contributed by atoms with Crippen LogP contribution in [-0.2, 0) is 13.6 Å². The first kappa shape index (κ1) is 20.2. The average Bonchev–Trinajstić information content (AvgIpc) is 3.11. The number of H-pyrrole nitrogens is 1. The summed E-state index contributed by atoms with van der Waals surface area (Å²) in [6, 6.07) is 7.59. The fraction of sp³-hybridized carbons (Fsp3) is 0.450. The third-order valence-electron chi connectivity index (χ3n) is 5.21. The maximum absolute atomic E-state index is 12.6. The molecule has 1 atom stereocenters. The molecule has 10 heteroatoms. The molecule has 4 rings (SSSR count). The van der Waals surface area contributed by atoms with Crippen LogP contribution in [-0.4, -0.2) is 63.1 Å². The predicted molar refractivity (Wildman–Crippen MR) is 113 cm³/mol. The van der Waals surface area contributed by atoms with Crippen molar-refractivity contribution in [3.8, 4) is 5.75 Å². The third-order valence-corrected chi connectivity index (χ3v) is 5.21. The Morgan fingerprint density at radius 3 is 2.77 bits per heavy atom. The molecule has 3 aromatic rings. The van der Waals surface area contributed by atoms with Crippen LogP contribution in [0, 0.1) is 6.92 Å². The van der Waals surface area contributed by atoms with Gasteiger partial charge in [0, 0.05) is 33.2 Å². The number of ether oxygens (including phenoxy) is 1. The van der Waals surface area contributed by atoms with E-state index in [9.17, 15) is 14.7 Å². The molecule has 160 valence electrons. The van der Waals surface area contributed by atoms with Crippen LogP contribution in [0.25, 0.3) is 11.2 Å². The summed E-state index contributed by atoms with van der Waals surface area (Å²) in [5.41, 5.74) is 0.585. The van der Waals surface area contributed by atoms with Gasteiger partial charge in [0.2, 0.25) is 5.95 Å². The topological polar surface area (TPSA) is 117 Å². The second kappa shape index (κ2) is 8.33. The number of hydrogen-bond acceptors (Lipinski definition) is 7. The minimum absolute atomic E-state index is 0.0633. The van der Waals surface area contributed by atoms with Crippen LogP contribution >= 0.6 is 0 Å². The highest BCUT2D eigenvalue weighted by atomic mass is 16.5. The number of nitrogens with one attached hydrogen (secondary N) is 2. The molecule has 3 N–H and O–H groups in total. The van der Waals surface area contributed by atoms with Crippen LogP contribution in [0.15, 0.2) is 33.9 Å². The Morgan fingerprint density at radius 2 is 2.03 bits per heavy atom. The van der Waals surface area contributed by atoms with Crippen LogP contribution in [0.3, 0.4) is 0 Å². The van der Waals surface area contributed by atoms with Gasteiger partial charge in [0.25, 0.3) is 5.56 Å². The lowest BCUT2D eigenvalue weighted by Gasteiger charge is -2.29. The van der Waals surface area contributed by atoms with Crippen LogP contribution in [0.4, 0.5) is 5.95 Å². The van der Waals surface area contributed by atoms with E-state index < -0.39 is 17.4 Å². The first-order chi connectivity index (χ1) is 14.4. The molecule has 1 aliphatic heterocycles. The Labute approximate surface area is 172 Å². The zero-order valence-corrected chi connectivity index (χ0v) is 17.1. The molecule has 1 aliphatic rings. The molecule has 2 aromatic heterocycles. The number of piperazine rings is 1. The SMILES string of the molecule is Cc1cccc(OCC(O)Cn2c(N3CCNCC3)nc3c2c(=O)[nH]c(=O)n3C)c1. The van der Waals surface area contributed by atoms with Crippen LogP contribution in [0.2, 0.25) is 0 Å². The lowest BCUT2D eigenvalue weighted by molar-refractivity contribution is 0.0936. The highest BCUT2D eigenvalue weighted by molar-refractivity contribution is 5.74. The monoisotopic (exact) mass is 414 g/mol. The summed E-state index contributed by atoms with van der Waals surface area (Å²) >= 11 is 0. The van der Waals surface area contributed by atoms with E-state index in [1.807, 2.05) is 31.2 Å². The summed E-state index contributed by atoms with van der Waals surface area (Å²) in [5.74, 6) is 1.24. The van der Waals surface area contributed by atoms with E-state index in [1.165, 1.54) is 4.57 Å². The van der Waals surface area contributed by atoms with Gasteiger partial charge in [-0.2, -0.15) is 4.98 Å². The second-order valence-corrected chi connectivity index (χ2v) is 7.53. The Bertz CT molecular complexity index is 1160. The van der Waals surface area contributed by atoms with E-state index in [1.54, 1.807) is 11.6 Å². The van der Waals surface area contributed by atoms with Gasteiger partial charge in [0.05, 0.1) is 6.54 Å². The van der Waals surface area contributed by atoms with Gasteiger partial charge < -0.3 is 24.6 Å². The number of aryl methyl sites for hydroxylation is 2.